The lowest BCUT2D eigenvalue weighted by Crippen LogP contribution is -2.11. The van der Waals surface area contributed by atoms with Crippen LogP contribution in [-0.2, 0) is 16.0 Å². The van der Waals surface area contributed by atoms with Crippen molar-refractivity contribution in [1.29, 1.82) is 0 Å². The largest absolute Gasteiger partial charge is 0.426 e. The van der Waals surface area contributed by atoms with Crippen LogP contribution in [0.15, 0.2) is 29.6 Å². The summed E-state index contributed by atoms with van der Waals surface area (Å²) in [6.07, 6.45) is 0.151. The zero-order valence-electron chi connectivity index (χ0n) is 11.2. The zero-order chi connectivity index (χ0) is 14.5. The van der Waals surface area contributed by atoms with E-state index in [1.54, 1.807) is 24.3 Å². The molecule has 1 amide bonds. The van der Waals surface area contributed by atoms with Crippen molar-refractivity contribution in [2.45, 2.75) is 20.3 Å². The van der Waals surface area contributed by atoms with Gasteiger partial charge in [-0.25, -0.2) is 4.98 Å². The number of anilines is 1. The van der Waals surface area contributed by atoms with Gasteiger partial charge in [0.25, 0.3) is 0 Å². The molecule has 20 heavy (non-hydrogen) atoms. The lowest BCUT2D eigenvalue weighted by Gasteiger charge is -2.05. The van der Waals surface area contributed by atoms with Gasteiger partial charge in [-0.15, -0.1) is 11.3 Å². The number of rotatable bonds is 4. The number of nitrogens with zero attached hydrogens (tertiary/aromatic N) is 1. The minimum atomic E-state index is -0.359. The highest BCUT2D eigenvalue weighted by molar-refractivity contribution is 7.09. The molecular formula is C14H14N2O3S. The van der Waals surface area contributed by atoms with E-state index in [0.29, 0.717) is 17.1 Å². The van der Waals surface area contributed by atoms with Crippen molar-refractivity contribution >= 4 is 28.9 Å². The molecule has 0 radical (unpaired) electrons. The van der Waals surface area contributed by atoms with Crippen molar-refractivity contribution in [2.75, 3.05) is 5.32 Å². The molecule has 1 N–H and O–H groups in total. The second-order valence-corrected chi connectivity index (χ2v) is 5.28. The van der Waals surface area contributed by atoms with Crippen molar-refractivity contribution in [3.8, 4) is 5.75 Å². The van der Waals surface area contributed by atoms with Crippen LogP contribution in [0.5, 0.6) is 5.75 Å². The second kappa shape index (κ2) is 6.29. The van der Waals surface area contributed by atoms with Crippen LogP contribution < -0.4 is 10.1 Å². The van der Waals surface area contributed by atoms with Crippen LogP contribution in [-0.4, -0.2) is 16.9 Å². The maximum atomic E-state index is 11.7. The summed E-state index contributed by atoms with van der Waals surface area (Å²) in [5, 5.41) is 5.41. The Kier molecular flexibility index (Phi) is 4.47. The van der Waals surface area contributed by atoms with Crippen LogP contribution in [0.3, 0.4) is 0 Å². The number of benzene rings is 1. The van der Waals surface area contributed by atoms with Gasteiger partial charge in [-0.05, 0) is 31.2 Å². The molecule has 0 spiro atoms. The van der Waals surface area contributed by atoms with E-state index < -0.39 is 0 Å². The molecule has 1 aromatic heterocycles. The van der Waals surface area contributed by atoms with Crippen molar-refractivity contribution in [2.24, 2.45) is 0 Å². The average Bonchev–Trinajstić information content (AvgIpc) is 2.76. The smallest absolute Gasteiger partial charge is 0.317 e. The summed E-state index contributed by atoms with van der Waals surface area (Å²) in [4.78, 5) is 26.8. The number of hydrogen-bond donors (Lipinski definition) is 1. The van der Waals surface area contributed by atoms with E-state index in [1.165, 1.54) is 18.3 Å². The number of carbonyl (C=O) groups is 2. The highest BCUT2D eigenvalue weighted by Gasteiger charge is 2.09. The monoisotopic (exact) mass is 290 g/mol. The van der Waals surface area contributed by atoms with E-state index in [-0.39, 0.29) is 18.3 Å². The first kappa shape index (κ1) is 14.2. The van der Waals surface area contributed by atoms with Crippen LogP contribution in [0.2, 0.25) is 0 Å². The number of aryl methyl sites for hydroxylation is 1. The Hall–Kier alpha value is -2.21. The maximum Gasteiger partial charge on any atom is 0.317 e. The molecule has 5 nitrogen and oxygen atoms in total. The van der Waals surface area contributed by atoms with Crippen molar-refractivity contribution in [3.63, 3.8) is 0 Å². The predicted molar refractivity (Wildman–Crippen MR) is 76.9 cm³/mol. The number of ether oxygens (including phenoxy) is 1. The highest BCUT2D eigenvalue weighted by Crippen LogP contribution is 2.16. The predicted octanol–water partition coefficient (Wildman–Crippen LogP) is 2.56. The van der Waals surface area contributed by atoms with E-state index >= 15 is 0 Å². The van der Waals surface area contributed by atoms with E-state index in [9.17, 15) is 9.59 Å². The van der Waals surface area contributed by atoms with Crippen LogP contribution >= 0.6 is 11.3 Å². The molecular weight excluding hydrogens is 276 g/mol. The summed E-state index contributed by atoms with van der Waals surface area (Å²) < 4.78 is 5.20. The summed E-state index contributed by atoms with van der Waals surface area (Å²) >= 11 is 1.50. The topological polar surface area (TPSA) is 68.3 Å². The normalized spacial score (nSPS) is 10.1. The Bertz CT molecular complexity index is 620. The van der Waals surface area contributed by atoms with Crippen LogP contribution in [0, 0.1) is 6.92 Å². The first-order valence-corrected chi connectivity index (χ1v) is 6.90. The van der Waals surface area contributed by atoms with Gasteiger partial charge in [0, 0.05) is 18.0 Å². The molecule has 6 heteroatoms. The van der Waals surface area contributed by atoms with Gasteiger partial charge in [0.1, 0.15) is 5.75 Å². The van der Waals surface area contributed by atoms with E-state index in [1.807, 2.05) is 12.3 Å². The van der Waals surface area contributed by atoms with Crippen molar-refractivity contribution < 1.29 is 14.3 Å². The van der Waals surface area contributed by atoms with E-state index in [4.69, 9.17) is 4.74 Å². The minimum absolute atomic E-state index is 0.145. The molecule has 0 atom stereocenters. The fourth-order valence-electron chi connectivity index (χ4n) is 1.61. The number of hydrogen-bond acceptors (Lipinski definition) is 5. The van der Waals surface area contributed by atoms with Gasteiger partial charge in [-0.1, -0.05) is 0 Å². The maximum absolute atomic E-state index is 11.7. The summed E-state index contributed by atoms with van der Waals surface area (Å²) in [6.45, 7) is 3.32. The van der Waals surface area contributed by atoms with Crippen molar-refractivity contribution in [1.82, 2.24) is 4.98 Å². The Balaban J connectivity index is 1.92. The molecule has 0 saturated carbocycles. The van der Waals surface area contributed by atoms with Gasteiger partial charge in [0.2, 0.25) is 5.91 Å². The Morgan fingerprint density at radius 2 is 2.00 bits per heavy atom. The van der Waals surface area contributed by atoms with Gasteiger partial charge in [-0.3, -0.25) is 9.59 Å². The fraction of sp³-hybridized carbons (Fsp3) is 0.214. The standard InChI is InChI=1S/C14H14N2O3S/c1-9(17)15-11-3-5-13(6-4-11)19-14(18)7-12-8-20-10(2)16-12/h3-6,8H,7H2,1-2H3,(H,15,17). The first-order valence-electron chi connectivity index (χ1n) is 6.02. The average molecular weight is 290 g/mol. The van der Waals surface area contributed by atoms with Gasteiger partial charge in [0.05, 0.1) is 17.1 Å². The molecule has 104 valence electrons. The van der Waals surface area contributed by atoms with E-state index in [0.717, 1.165) is 5.01 Å². The van der Waals surface area contributed by atoms with Crippen LogP contribution in [0.1, 0.15) is 17.6 Å². The SMILES string of the molecule is CC(=O)Nc1ccc(OC(=O)Cc2csc(C)n2)cc1. The van der Waals surface area contributed by atoms with Crippen LogP contribution in [0.4, 0.5) is 5.69 Å². The number of thiazole rings is 1. The van der Waals surface area contributed by atoms with Gasteiger partial charge >= 0.3 is 5.97 Å². The molecule has 2 aromatic rings. The van der Waals surface area contributed by atoms with E-state index in [2.05, 4.69) is 10.3 Å². The van der Waals surface area contributed by atoms with Gasteiger partial charge in [-0.2, -0.15) is 0 Å². The number of esters is 1. The molecule has 1 aromatic carbocycles. The molecule has 0 bridgehead atoms. The van der Waals surface area contributed by atoms with Crippen LogP contribution in [0.25, 0.3) is 0 Å². The first-order chi connectivity index (χ1) is 9.52. The molecule has 0 aliphatic heterocycles. The van der Waals surface area contributed by atoms with Crippen molar-refractivity contribution in [3.05, 3.63) is 40.3 Å². The lowest BCUT2D eigenvalue weighted by atomic mass is 10.3. The third kappa shape index (κ3) is 4.17. The number of nitrogens with one attached hydrogen (secondary N) is 1. The van der Waals surface area contributed by atoms with Gasteiger partial charge in [0.15, 0.2) is 0 Å². The third-order valence-electron chi connectivity index (χ3n) is 2.40. The van der Waals surface area contributed by atoms with Gasteiger partial charge < -0.3 is 10.1 Å². The summed E-state index contributed by atoms with van der Waals surface area (Å²) in [7, 11) is 0. The molecule has 0 aliphatic rings. The Morgan fingerprint density at radius 3 is 2.55 bits per heavy atom. The minimum Gasteiger partial charge on any atom is -0.426 e. The fourth-order valence-corrected chi connectivity index (χ4v) is 2.23. The second-order valence-electron chi connectivity index (χ2n) is 4.21. The Morgan fingerprint density at radius 1 is 1.30 bits per heavy atom. The number of aromatic nitrogens is 1. The summed E-state index contributed by atoms with van der Waals surface area (Å²) in [5.41, 5.74) is 1.37. The summed E-state index contributed by atoms with van der Waals surface area (Å²) in [5.74, 6) is -0.0627. The molecule has 0 unspecified atom stereocenters. The highest BCUT2D eigenvalue weighted by atomic mass is 32.1. The molecule has 2 rings (SSSR count). The molecule has 0 fully saturated rings. The lowest BCUT2D eigenvalue weighted by molar-refractivity contribution is -0.133. The number of carbonyl (C=O) groups excluding carboxylic acids is 2. The Labute approximate surface area is 120 Å². The molecule has 1 heterocycles. The summed E-state index contributed by atoms with van der Waals surface area (Å²) in [6, 6.07) is 6.62. The molecule has 0 saturated heterocycles. The number of amides is 1. The third-order valence-corrected chi connectivity index (χ3v) is 3.22. The zero-order valence-corrected chi connectivity index (χ0v) is 12.0. The molecule has 0 aliphatic carbocycles. The quantitative estimate of drug-likeness (QED) is 0.694.